The summed E-state index contributed by atoms with van der Waals surface area (Å²) in [6, 6.07) is 0. The summed E-state index contributed by atoms with van der Waals surface area (Å²) >= 11 is 0. The highest BCUT2D eigenvalue weighted by Crippen LogP contribution is 1.91. The number of hydrogen-bond donors (Lipinski definition) is 3. The molecule has 3 N–H and O–H groups in total. The number of carboxylic acid groups (broad SMARTS) is 3. The first-order chi connectivity index (χ1) is 12.5. The molecule has 0 aromatic carbocycles. The van der Waals surface area contributed by atoms with Gasteiger partial charge in [-0.25, -0.2) is 14.4 Å². The van der Waals surface area contributed by atoms with Crippen LogP contribution in [0.4, 0.5) is 0 Å². The first kappa shape index (κ1) is 31.7. The van der Waals surface area contributed by atoms with Crippen molar-refractivity contribution in [3.8, 4) is 0 Å². The molecule has 0 aromatic heterocycles. The average Bonchev–Trinajstić information content (AvgIpc) is 2.57. The summed E-state index contributed by atoms with van der Waals surface area (Å²) in [4.78, 5) is 29.6. The summed E-state index contributed by atoms with van der Waals surface area (Å²) in [6.07, 6.45) is 0. The normalized spacial score (nSPS) is 7.81. The summed E-state index contributed by atoms with van der Waals surface area (Å²) < 4.78 is 13.5. The molecular formula is C17H30O9Si. The zero-order chi connectivity index (χ0) is 22.4. The van der Waals surface area contributed by atoms with Crippen LogP contribution in [0.2, 0.25) is 0 Å². The van der Waals surface area contributed by atoms with Gasteiger partial charge in [0.15, 0.2) is 17.3 Å². The third-order valence-electron chi connectivity index (χ3n) is 1.67. The largest absolute Gasteiger partial charge is 0.487 e. The fourth-order valence-corrected chi connectivity index (χ4v) is 0.708. The monoisotopic (exact) mass is 406 g/mol. The van der Waals surface area contributed by atoms with Gasteiger partial charge in [-0.05, 0) is 40.5 Å². The molecule has 0 atom stereocenters. The van der Waals surface area contributed by atoms with Crippen LogP contribution in [0.3, 0.4) is 0 Å². The van der Waals surface area contributed by atoms with Crippen LogP contribution in [0, 0.1) is 0 Å². The highest BCUT2D eigenvalue weighted by atomic mass is 28.1. The van der Waals surface area contributed by atoms with Crippen molar-refractivity contribution < 1.29 is 43.9 Å². The van der Waals surface area contributed by atoms with Gasteiger partial charge in [0.25, 0.3) is 0 Å². The highest BCUT2D eigenvalue weighted by molar-refractivity contribution is 6.16. The van der Waals surface area contributed by atoms with Crippen LogP contribution in [0.1, 0.15) is 20.8 Å². The van der Waals surface area contributed by atoms with E-state index in [2.05, 4.69) is 40.5 Å². The molecule has 0 unspecified atom stereocenters. The Hall–Kier alpha value is -3.01. The fraction of sp³-hybridized carbons (Fsp3) is 0.353. The molecule has 0 amide bonds. The molecule has 0 aromatic rings. The van der Waals surface area contributed by atoms with Crippen molar-refractivity contribution in [1.82, 2.24) is 0 Å². The van der Waals surface area contributed by atoms with Crippen LogP contribution in [0.25, 0.3) is 0 Å². The predicted octanol–water partition coefficient (Wildman–Crippen LogP) is 1.36. The van der Waals surface area contributed by atoms with Gasteiger partial charge in [0, 0.05) is 10.2 Å². The van der Waals surface area contributed by atoms with E-state index in [0.717, 1.165) is 10.2 Å². The molecule has 0 saturated heterocycles. The van der Waals surface area contributed by atoms with Crippen LogP contribution in [-0.4, -0.2) is 63.3 Å². The van der Waals surface area contributed by atoms with Crippen LogP contribution in [-0.2, 0) is 28.6 Å². The van der Waals surface area contributed by atoms with Gasteiger partial charge in [0.2, 0.25) is 0 Å². The number of ether oxygens (including phenoxy) is 3. The predicted molar refractivity (Wildman–Crippen MR) is 105 cm³/mol. The Balaban J connectivity index is -0.000000137. The molecule has 0 radical (unpaired) electrons. The fourth-order valence-electron chi connectivity index (χ4n) is 0.708. The second-order valence-corrected chi connectivity index (χ2v) is 4.71. The summed E-state index contributed by atoms with van der Waals surface area (Å²) in [7, 11) is 1.13. The van der Waals surface area contributed by atoms with Gasteiger partial charge in [-0.3, -0.25) is 0 Å². The third-order valence-corrected chi connectivity index (χ3v) is 1.67. The number of carboxylic acids is 3. The molecule has 0 aliphatic rings. The Morgan fingerprint density at radius 3 is 0.926 bits per heavy atom. The van der Waals surface area contributed by atoms with E-state index in [0.29, 0.717) is 19.8 Å². The van der Waals surface area contributed by atoms with Gasteiger partial charge < -0.3 is 29.5 Å². The molecule has 0 bridgehead atoms. The molecule has 0 fully saturated rings. The molecule has 0 heterocycles. The van der Waals surface area contributed by atoms with Gasteiger partial charge in [0.05, 0.1) is 19.8 Å². The number of aliphatic carboxylic acids is 3. The molecule has 0 aliphatic carbocycles. The topological polar surface area (TPSA) is 140 Å². The first-order valence-electron chi connectivity index (χ1n) is 7.68. The van der Waals surface area contributed by atoms with Crippen molar-refractivity contribution in [2.45, 2.75) is 20.8 Å². The Bertz CT molecular complexity index is 432. The SMILES string of the molecule is C=C(OCC)C(=O)O.C=C(OCC)C(=O)O.C=C(OCC)C(=O)O.C=C[SiH3]. The second-order valence-electron chi connectivity index (χ2n) is 3.89. The zero-order valence-corrected chi connectivity index (χ0v) is 18.3. The molecule has 10 heteroatoms. The molecule has 0 saturated carbocycles. The van der Waals surface area contributed by atoms with E-state index in [1.165, 1.54) is 0 Å². The highest BCUT2D eigenvalue weighted by Gasteiger charge is 2.01. The lowest BCUT2D eigenvalue weighted by molar-refractivity contribution is -0.137. The Morgan fingerprint density at radius 1 is 0.741 bits per heavy atom. The van der Waals surface area contributed by atoms with Crippen molar-refractivity contribution in [3.05, 3.63) is 49.3 Å². The van der Waals surface area contributed by atoms with Crippen LogP contribution in [0.5, 0.6) is 0 Å². The van der Waals surface area contributed by atoms with Crippen LogP contribution < -0.4 is 0 Å². The molecule has 156 valence electrons. The lowest BCUT2D eigenvalue weighted by atomic mass is 10.6. The maximum absolute atomic E-state index is 9.86. The van der Waals surface area contributed by atoms with Crippen molar-refractivity contribution in [2.75, 3.05) is 19.8 Å². The van der Waals surface area contributed by atoms with Crippen molar-refractivity contribution in [2.24, 2.45) is 0 Å². The molecule has 0 aliphatic heterocycles. The van der Waals surface area contributed by atoms with Gasteiger partial charge in [0.1, 0.15) is 0 Å². The van der Waals surface area contributed by atoms with E-state index >= 15 is 0 Å². The van der Waals surface area contributed by atoms with E-state index in [9.17, 15) is 14.4 Å². The lowest BCUT2D eigenvalue weighted by Crippen LogP contribution is -2.02. The number of rotatable bonds is 9. The average molecular weight is 407 g/mol. The minimum atomic E-state index is -1.10. The van der Waals surface area contributed by atoms with Crippen molar-refractivity contribution in [3.63, 3.8) is 0 Å². The Morgan fingerprint density at radius 2 is 0.889 bits per heavy atom. The number of carbonyl (C=O) groups is 3. The maximum atomic E-state index is 9.86. The van der Waals surface area contributed by atoms with Crippen molar-refractivity contribution >= 4 is 28.2 Å². The Kier molecular flexibility index (Phi) is 27.0. The van der Waals surface area contributed by atoms with Crippen molar-refractivity contribution in [1.29, 1.82) is 0 Å². The van der Waals surface area contributed by atoms with Gasteiger partial charge in [-0.15, -0.1) is 12.3 Å². The number of hydrogen-bond acceptors (Lipinski definition) is 6. The standard InChI is InChI=1S/3C5H8O3.C2H6Si/c3*1-3-8-4(2)5(6)7;1-2-3/h3*2-3H2,1H3,(H,6,7);2H,1H2,3H3. The second kappa shape index (κ2) is 23.0. The van der Waals surface area contributed by atoms with E-state index in [1.54, 1.807) is 20.8 Å². The smallest absolute Gasteiger partial charge is 0.370 e. The van der Waals surface area contributed by atoms with E-state index in [1.807, 2.05) is 5.70 Å². The summed E-state index contributed by atoms with van der Waals surface area (Å²) in [5.74, 6) is -3.92. The third kappa shape index (κ3) is 31.3. The maximum Gasteiger partial charge on any atom is 0.370 e. The van der Waals surface area contributed by atoms with E-state index < -0.39 is 17.9 Å². The Labute approximate surface area is 162 Å². The van der Waals surface area contributed by atoms with Gasteiger partial charge in [-0.2, -0.15) is 0 Å². The molecule has 0 spiro atoms. The van der Waals surface area contributed by atoms with E-state index in [-0.39, 0.29) is 17.3 Å². The van der Waals surface area contributed by atoms with Gasteiger partial charge in [-0.1, -0.05) is 0 Å². The van der Waals surface area contributed by atoms with E-state index in [4.69, 9.17) is 15.3 Å². The van der Waals surface area contributed by atoms with Crippen LogP contribution in [0.15, 0.2) is 49.3 Å². The molecule has 27 heavy (non-hydrogen) atoms. The molecular weight excluding hydrogens is 376 g/mol. The summed E-state index contributed by atoms with van der Waals surface area (Å²) in [5, 5.41) is 24.3. The molecule has 0 rings (SSSR count). The van der Waals surface area contributed by atoms with Crippen LogP contribution >= 0.6 is 0 Å². The van der Waals surface area contributed by atoms with Gasteiger partial charge >= 0.3 is 17.9 Å². The lowest BCUT2D eigenvalue weighted by Gasteiger charge is -1.97. The molecule has 9 nitrogen and oxygen atoms in total. The first-order valence-corrected chi connectivity index (χ1v) is 8.83. The minimum Gasteiger partial charge on any atom is -0.487 e. The quantitative estimate of drug-likeness (QED) is 0.294. The summed E-state index contributed by atoms with van der Waals surface area (Å²) in [5.41, 5.74) is 1.89. The zero-order valence-electron chi connectivity index (χ0n) is 16.3. The minimum absolute atomic E-state index is 0.201. The summed E-state index contributed by atoms with van der Waals surface area (Å²) in [6.45, 7) is 19.0.